The van der Waals surface area contributed by atoms with E-state index >= 15 is 0 Å². The van der Waals surface area contributed by atoms with Gasteiger partial charge in [-0.3, -0.25) is 0 Å². The van der Waals surface area contributed by atoms with Gasteiger partial charge in [-0.05, 0) is 12.1 Å². The molecule has 0 bridgehead atoms. The Morgan fingerprint density at radius 1 is 1.24 bits per heavy atom. The smallest absolute Gasteiger partial charge is 0.272 e. The van der Waals surface area contributed by atoms with Crippen molar-refractivity contribution < 1.29 is 23.0 Å². The van der Waals surface area contributed by atoms with Gasteiger partial charge in [-0.1, -0.05) is 0 Å². The van der Waals surface area contributed by atoms with Gasteiger partial charge in [0.2, 0.25) is 0 Å². The van der Waals surface area contributed by atoms with E-state index in [0.29, 0.717) is 24.7 Å². The number of anilines is 1. The van der Waals surface area contributed by atoms with Crippen LogP contribution in [0.1, 0.15) is 0 Å². The summed E-state index contributed by atoms with van der Waals surface area (Å²) in [7, 11) is 1.56. The average Bonchev–Trinajstić information content (AvgIpc) is 2.29. The molecule has 0 atom stereocenters. The highest BCUT2D eigenvalue weighted by Gasteiger charge is 2.07. The van der Waals surface area contributed by atoms with Crippen LogP contribution in [0.3, 0.4) is 0 Å². The van der Waals surface area contributed by atoms with E-state index in [4.69, 9.17) is 19.9 Å². The van der Waals surface area contributed by atoms with Gasteiger partial charge in [0, 0.05) is 13.2 Å². The highest BCUT2D eigenvalue weighted by atomic mass is 19.3. The summed E-state index contributed by atoms with van der Waals surface area (Å²) >= 11 is 0. The standard InChI is InChI=1S/C11H15F2NO3/c1-15-4-5-16-8-2-3-9(14)10(6-8)17-7-11(12)13/h2-3,6,11H,4-5,7,14H2,1H3. The summed E-state index contributed by atoms with van der Waals surface area (Å²) in [6, 6.07) is 4.66. The van der Waals surface area contributed by atoms with Crippen LogP contribution in [-0.4, -0.2) is 33.4 Å². The van der Waals surface area contributed by atoms with E-state index in [-0.39, 0.29) is 5.75 Å². The number of halogens is 2. The number of alkyl halides is 2. The molecule has 0 amide bonds. The lowest BCUT2D eigenvalue weighted by Crippen LogP contribution is -2.09. The molecule has 0 aromatic heterocycles. The molecule has 0 unspecified atom stereocenters. The predicted octanol–water partition coefficient (Wildman–Crippen LogP) is 1.94. The molecule has 0 aliphatic heterocycles. The summed E-state index contributed by atoms with van der Waals surface area (Å²) in [5, 5.41) is 0. The number of ether oxygens (including phenoxy) is 3. The van der Waals surface area contributed by atoms with Crippen LogP contribution >= 0.6 is 0 Å². The van der Waals surface area contributed by atoms with Gasteiger partial charge in [-0.2, -0.15) is 0 Å². The van der Waals surface area contributed by atoms with Crippen molar-refractivity contribution in [1.82, 2.24) is 0 Å². The molecule has 0 spiro atoms. The number of nitrogen functional groups attached to an aromatic ring is 1. The van der Waals surface area contributed by atoms with Crippen molar-refractivity contribution in [3.05, 3.63) is 18.2 Å². The maximum absolute atomic E-state index is 12.0. The summed E-state index contributed by atoms with van der Waals surface area (Å²) in [5.41, 5.74) is 5.88. The van der Waals surface area contributed by atoms with E-state index in [1.165, 1.54) is 6.07 Å². The van der Waals surface area contributed by atoms with Crippen LogP contribution in [0.15, 0.2) is 18.2 Å². The Bertz CT molecular complexity index is 347. The third kappa shape index (κ3) is 4.86. The first-order valence-electron chi connectivity index (χ1n) is 5.05. The first-order chi connectivity index (χ1) is 8.13. The quantitative estimate of drug-likeness (QED) is 0.591. The maximum Gasteiger partial charge on any atom is 0.272 e. The van der Waals surface area contributed by atoms with Gasteiger partial charge < -0.3 is 19.9 Å². The summed E-state index contributed by atoms with van der Waals surface area (Å²) < 4.78 is 39.0. The topological polar surface area (TPSA) is 53.7 Å². The van der Waals surface area contributed by atoms with Crippen molar-refractivity contribution >= 4 is 5.69 Å². The van der Waals surface area contributed by atoms with Crippen LogP contribution in [0, 0.1) is 0 Å². The number of hydrogen-bond donors (Lipinski definition) is 1. The lowest BCUT2D eigenvalue weighted by Gasteiger charge is -2.11. The van der Waals surface area contributed by atoms with Crippen LogP contribution in [-0.2, 0) is 4.74 Å². The van der Waals surface area contributed by atoms with E-state index in [1.807, 2.05) is 0 Å². The van der Waals surface area contributed by atoms with Crippen molar-refractivity contribution in [2.45, 2.75) is 6.43 Å². The Morgan fingerprint density at radius 3 is 2.65 bits per heavy atom. The molecule has 0 aliphatic carbocycles. The molecule has 0 heterocycles. The lowest BCUT2D eigenvalue weighted by molar-refractivity contribution is 0.0820. The highest BCUT2D eigenvalue weighted by molar-refractivity contribution is 5.55. The normalized spacial score (nSPS) is 10.6. The van der Waals surface area contributed by atoms with E-state index < -0.39 is 13.0 Å². The van der Waals surface area contributed by atoms with Crippen molar-refractivity contribution in [1.29, 1.82) is 0 Å². The van der Waals surface area contributed by atoms with E-state index in [0.717, 1.165) is 0 Å². The minimum absolute atomic E-state index is 0.195. The van der Waals surface area contributed by atoms with Gasteiger partial charge in [0.15, 0.2) is 0 Å². The molecule has 2 N–H and O–H groups in total. The molecule has 0 saturated heterocycles. The first-order valence-corrected chi connectivity index (χ1v) is 5.05. The fourth-order valence-corrected chi connectivity index (χ4v) is 1.13. The summed E-state index contributed by atoms with van der Waals surface area (Å²) in [4.78, 5) is 0. The second-order valence-electron chi connectivity index (χ2n) is 3.24. The van der Waals surface area contributed by atoms with Gasteiger partial charge in [0.25, 0.3) is 6.43 Å². The minimum Gasteiger partial charge on any atom is -0.491 e. The Morgan fingerprint density at radius 2 is 2.00 bits per heavy atom. The fourth-order valence-electron chi connectivity index (χ4n) is 1.13. The number of nitrogens with two attached hydrogens (primary N) is 1. The molecule has 0 saturated carbocycles. The molecule has 1 rings (SSSR count). The van der Waals surface area contributed by atoms with Crippen molar-refractivity contribution in [2.24, 2.45) is 0 Å². The van der Waals surface area contributed by atoms with Crippen LogP contribution in [0.2, 0.25) is 0 Å². The third-order valence-electron chi connectivity index (χ3n) is 1.91. The van der Waals surface area contributed by atoms with E-state index in [9.17, 15) is 8.78 Å². The summed E-state index contributed by atoms with van der Waals surface area (Å²) in [5.74, 6) is 0.695. The zero-order valence-electron chi connectivity index (χ0n) is 9.49. The molecule has 96 valence electrons. The zero-order valence-corrected chi connectivity index (χ0v) is 9.49. The van der Waals surface area contributed by atoms with Crippen molar-refractivity contribution in [3.8, 4) is 11.5 Å². The SMILES string of the molecule is COCCOc1ccc(N)c(OCC(F)F)c1. The van der Waals surface area contributed by atoms with Gasteiger partial charge in [0.05, 0.1) is 12.3 Å². The fraction of sp³-hybridized carbons (Fsp3) is 0.455. The molecular weight excluding hydrogens is 232 g/mol. The molecule has 0 radical (unpaired) electrons. The molecule has 6 heteroatoms. The van der Waals surface area contributed by atoms with Crippen LogP contribution in [0.5, 0.6) is 11.5 Å². The third-order valence-corrected chi connectivity index (χ3v) is 1.91. The Balaban J connectivity index is 2.59. The largest absolute Gasteiger partial charge is 0.491 e. The molecule has 0 aliphatic rings. The number of hydrogen-bond acceptors (Lipinski definition) is 4. The van der Waals surface area contributed by atoms with Crippen LogP contribution < -0.4 is 15.2 Å². The number of benzene rings is 1. The Hall–Kier alpha value is -1.56. The lowest BCUT2D eigenvalue weighted by atomic mass is 10.3. The minimum atomic E-state index is -2.53. The second kappa shape index (κ2) is 6.90. The van der Waals surface area contributed by atoms with Crippen molar-refractivity contribution in [3.63, 3.8) is 0 Å². The van der Waals surface area contributed by atoms with Crippen LogP contribution in [0.25, 0.3) is 0 Å². The van der Waals surface area contributed by atoms with E-state index in [1.54, 1.807) is 19.2 Å². The van der Waals surface area contributed by atoms with E-state index in [2.05, 4.69) is 0 Å². The predicted molar refractivity (Wildman–Crippen MR) is 59.7 cm³/mol. The van der Waals surface area contributed by atoms with Gasteiger partial charge in [0.1, 0.15) is 24.7 Å². The summed E-state index contributed by atoms with van der Waals surface area (Å²) in [6.45, 7) is 0.123. The van der Waals surface area contributed by atoms with Gasteiger partial charge in [-0.25, -0.2) is 8.78 Å². The van der Waals surface area contributed by atoms with Gasteiger partial charge in [-0.15, -0.1) is 0 Å². The number of methoxy groups -OCH3 is 1. The average molecular weight is 247 g/mol. The van der Waals surface area contributed by atoms with Crippen molar-refractivity contribution in [2.75, 3.05) is 32.7 Å². The molecule has 4 nitrogen and oxygen atoms in total. The second-order valence-corrected chi connectivity index (χ2v) is 3.24. The zero-order chi connectivity index (χ0) is 12.7. The Labute approximate surface area is 98.3 Å². The molecule has 1 aromatic rings. The molecular formula is C11H15F2NO3. The Kier molecular flexibility index (Phi) is 5.48. The molecule has 17 heavy (non-hydrogen) atoms. The molecule has 0 fully saturated rings. The van der Waals surface area contributed by atoms with Gasteiger partial charge >= 0.3 is 0 Å². The maximum atomic E-state index is 12.0. The summed E-state index contributed by atoms with van der Waals surface area (Å²) in [6.07, 6.45) is -2.53. The molecule has 1 aromatic carbocycles. The highest BCUT2D eigenvalue weighted by Crippen LogP contribution is 2.27. The number of rotatable bonds is 7. The monoisotopic (exact) mass is 247 g/mol. The first kappa shape index (κ1) is 13.5. The van der Waals surface area contributed by atoms with Crippen LogP contribution in [0.4, 0.5) is 14.5 Å².